The first-order valence-corrected chi connectivity index (χ1v) is 7.86. The molecule has 3 rings (SSSR count). The molecule has 25 heavy (non-hydrogen) atoms. The topological polar surface area (TPSA) is 94.6 Å². The van der Waals surface area contributed by atoms with Crippen LogP contribution >= 0.6 is 0 Å². The molecule has 0 saturated heterocycles. The Morgan fingerprint density at radius 1 is 1.04 bits per heavy atom. The van der Waals surface area contributed by atoms with Crippen molar-refractivity contribution in [3.05, 3.63) is 30.0 Å². The van der Waals surface area contributed by atoms with Crippen molar-refractivity contribution in [1.82, 2.24) is 15.5 Å². The quantitative estimate of drug-likeness (QED) is 0.794. The molecule has 0 atom stereocenters. The Hall–Kier alpha value is -3.03. The zero-order valence-corrected chi connectivity index (χ0v) is 14.3. The van der Waals surface area contributed by atoms with Crippen molar-refractivity contribution in [3.63, 3.8) is 0 Å². The van der Waals surface area contributed by atoms with Gasteiger partial charge >= 0.3 is 0 Å². The smallest absolute Gasteiger partial charge is 0.272 e. The molecule has 0 radical (unpaired) electrons. The number of nitrogens with one attached hydrogen (secondary N) is 2. The minimum Gasteiger partial charge on any atom is -0.493 e. The van der Waals surface area contributed by atoms with Crippen molar-refractivity contribution >= 4 is 17.4 Å². The average Bonchev–Trinajstić information content (AvgIpc) is 3.45. The molecule has 2 N–H and O–H groups in total. The number of carbonyl (C=O) groups is 1. The molecule has 0 unspecified atom stereocenters. The van der Waals surface area contributed by atoms with Crippen LogP contribution in [0.4, 0.5) is 11.5 Å². The standard InChI is InChI=1S/C17H20N4O4/c1-23-13-8-11(9-14(24-2)16(13)25-3)18-15-7-6-12(20-21-15)17(22)19-10-4-5-10/h6-10H,4-5H2,1-3H3,(H,18,21)(H,19,22). The maximum atomic E-state index is 11.9. The summed E-state index contributed by atoms with van der Waals surface area (Å²) in [4.78, 5) is 11.9. The molecule has 1 amide bonds. The van der Waals surface area contributed by atoms with Gasteiger partial charge in [-0.25, -0.2) is 0 Å². The van der Waals surface area contributed by atoms with Crippen LogP contribution in [0.1, 0.15) is 23.3 Å². The van der Waals surface area contributed by atoms with E-state index in [1.54, 1.807) is 45.6 Å². The molecule has 1 heterocycles. The van der Waals surface area contributed by atoms with E-state index in [-0.39, 0.29) is 11.9 Å². The second-order valence-electron chi connectivity index (χ2n) is 5.59. The van der Waals surface area contributed by atoms with Crippen LogP contribution in [-0.2, 0) is 0 Å². The zero-order valence-electron chi connectivity index (χ0n) is 14.3. The Balaban J connectivity index is 1.76. The summed E-state index contributed by atoms with van der Waals surface area (Å²) < 4.78 is 15.9. The third kappa shape index (κ3) is 3.90. The van der Waals surface area contributed by atoms with Crippen LogP contribution in [0, 0.1) is 0 Å². The normalized spacial score (nSPS) is 13.1. The largest absolute Gasteiger partial charge is 0.493 e. The van der Waals surface area contributed by atoms with Crippen molar-refractivity contribution in [2.45, 2.75) is 18.9 Å². The third-order valence-electron chi connectivity index (χ3n) is 3.75. The summed E-state index contributed by atoms with van der Waals surface area (Å²) in [5.41, 5.74) is 0.987. The van der Waals surface area contributed by atoms with E-state index >= 15 is 0 Å². The summed E-state index contributed by atoms with van der Waals surface area (Å²) in [6, 6.07) is 7.13. The van der Waals surface area contributed by atoms with E-state index in [0.29, 0.717) is 34.4 Å². The number of rotatable bonds is 7. The molecule has 8 heteroatoms. The molecule has 132 valence electrons. The molecule has 0 spiro atoms. The molecule has 0 bridgehead atoms. The van der Waals surface area contributed by atoms with Crippen molar-refractivity contribution in [1.29, 1.82) is 0 Å². The molecule has 0 aliphatic heterocycles. The average molecular weight is 344 g/mol. The number of hydrogen-bond acceptors (Lipinski definition) is 7. The molecule has 2 aromatic rings. The van der Waals surface area contributed by atoms with E-state index in [4.69, 9.17) is 14.2 Å². The number of methoxy groups -OCH3 is 3. The number of benzene rings is 1. The number of anilines is 2. The molecular formula is C17H20N4O4. The van der Waals surface area contributed by atoms with Crippen LogP contribution in [0.2, 0.25) is 0 Å². The number of ether oxygens (including phenoxy) is 3. The fraction of sp³-hybridized carbons (Fsp3) is 0.353. The minimum absolute atomic E-state index is 0.200. The fourth-order valence-corrected chi connectivity index (χ4v) is 2.31. The van der Waals surface area contributed by atoms with E-state index in [2.05, 4.69) is 20.8 Å². The Morgan fingerprint density at radius 2 is 1.72 bits per heavy atom. The molecule has 1 aromatic carbocycles. The highest BCUT2D eigenvalue weighted by Gasteiger charge is 2.24. The van der Waals surface area contributed by atoms with Crippen LogP contribution in [0.25, 0.3) is 0 Å². The maximum absolute atomic E-state index is 11.9. The number of hydrogen-bond donors (Lipinski definition) is 2. The predicted octanol–water partition coefficient (Wildman–Crippen LogP) is 2.14. The molecule has 1 saturated carbocycles. The lowest BCUT2D eigenvalue weighted by Gasteiger charge is -2.14. The van der Waals surface area contributed by atoms with Gasteiger partial charge in [-0.15, -0.1) is 10.2 Å². The van der Waals surface area contributed by atoms with Crippen LogP contribution in [-0.4, -0.2) is 43.5 Å². The molecule has 1 aliphatic carbocycles. The lowest BCUT2D eigenvalue weighted by molar-refractivity contribution is 0.0945. The predicted molar refractivity (Wildman–Crippen MR) is 91.9 cm³/mol. The summed E-state index contributed by atoms with van der Waals surface area (Å²) >= 11 is 0. The first-order valence-electron chi connectivity index (χ1n) is 7.86. The van der Waals surface area contributed by atoms with Crippen molar-refractivity contribution in [2.75, 3.05) is 26.6 Å². The van der Waals surface area contributed by atoms with Crippen molar-refractivity contribution < 1.29 is 19.0 Å². The van der Waals surface area contributed by atoms with Gasteiger partial charge in [-0.05, 0) is 25.0 Å². The first-order chi connectivity index (χ1) is 12.1. The van der Waals surface area contributed by atoms with Gasteiger partial charge in [0.1, 0.15) is 0 Å². The highest BCUT2D eigenvalue weighted by atomic mass is 16.5. The van der Waals surface area contributed by atoms with Gasteiger partial charge in [-0.3, -0.25) is 4.79 Å². The number of carbonyl (C=O) groups excluding carboxylic acids is 1. The first kappa shape index (κ1) is 16.8. The summed E-state index contributed by atoms with van der Waals surface area (Å²) in [6.45, 7) is 0. The van der Waals surface area contributed by atoms with Gasteiger partial charge in [0, 0.05) is 23.9 Å². The van der Waals surface area contributed by atoms with Gasteiger partial charge in [0.05, 0.1) is 21.3 Å². The summed E-state index contributed by atoms with van der Waals surface area (Å²) in [6.07, 6.45) is 2.06. The molecule has 1 aliphatic rings. The van der Waals surface area contributed by atoms with Gasteiger partial charge in [0.2, 0.25) is 5.75 Å². The van der Waals surface area contributed by atoms with Crippen LogP contribution in [0.3, 0.4) is 0 Å². The van der Waals surface area contributed by atoms with Crippen molar-refractivity contribution in [3.8, 4) is 17.2 Å². The summed E-state index contributed by atoms with van der Waals surface area (Å²) in [7, 11) is 4.65. The van der Waals surface area contributed by atoms with Gasteiger partial charge in [0.15, 0.2) is 23.0 Å². The second kappa shape index (κ2) is 7.25. The van der Waals surface area contributed by atoms with E-state index < -0.39 is 0 Å². The molecule has 8 nitrogen and oxygen atoms in total. The van der Waals surface area contributed by atoms with Crippen LogP contribution < -0.4 is 24.8 Å². The summed E-state index contributed by atoms with van der Waals surface area (Å²) in [5.74, 6) is 1.86. The molecule has 1 aromatic heterocycles. The maximum Gasteiger partial charge on any atom is 0.272 e. The van der Waals surface area contributed by atoms with Gasteiger partial charge < -0.3 is 24.8 Å². The second-order valence-corrected chi connectivity index (χ2v) is 5.59. The van der Waals surface area contributed by atoms with E-state index in [1.807, 2.05) is 0 Å². The monoisotopic (exact) mass is 344 g/mol. The zero-order chi connectivity index (χ0) is 17.8. The summed E-state index contributed by atoms with van der Waals surface area (Å²) in [5, 5.41) is 14.0. The minimum atomic E-state index is -0.200. The van der Waals surface area contributed by atoms with Crippen LogP contribution in [0.5, 0.6) is 17.2 Å². The Kier molecular flexibility index (Phi) is 4.87. The Bertz CT molecular complexity index is 735. The van der Waals surface area contributed by atoms with Gasteiger partial charge in [0.25, 0.3) is 5.91 Å². The Morgan fingerprint density at radius 3 is 2.20 bits per heavy atom. The van der Waals surface area contributed by atoms with Crippen molar-refractivity contribution in [2.24, 2.45) is 0 Å². The van der Waals surface area contributed by atoms with Crippen LogP contribution in [0.15, 0.2) is 24.3 Å². The molecular weight excluding hydrogens is 324 g/mol. The lowest BCUT2D eigenvalue weighted by Crippen LogP contribution is -2.26. The van der Waals surface area contributed by atoms with E-state index in [9.17, 15) is 4.79 Å². The molecule has 1 fully saturated rings. The van der Waals surface area contributed by atoms with E-state index in [0.717, 1.165) is 12.8 Å². The highest BCUT2D eigenvalue weighted by Crippen LogP contribution is 2.40. The SMILES string of the molecule is COc1cc(Nc2ccc(C(=O)NC3CC3)nn2)cc(OC)c1OC. The Labute approximate surface area is 145 Å². The number of amides is 1. The fourth-order valence-electron chi connectivity index (χ4n) is 2.31. The lowest BCUT2D eigenvalue weighted by atomic mass is 10.2. The third-order valence-corrected chi connectivity index (χ3v) is 3.75. The number of nitrogens with zero attached hydrogens (tertiary/aromatic N) is 2. The highest BCUT2D eigenvalue weighted by molar-refractivity contribution is 5.92. The van der Waals surface area contributed by atoms with Gasteiger partial charge in [-0.1, -0.05) is 0 Å². The van der Waals surface area contributed by atoms with E-state index in [1.165, 1.54) is 0 Å². The van der Waals surface area contributed by atoms with Gasteiger partial charge in [-0.2, -0.15) is 0 Å². The number of aromatic nitrogens is 2.